The zero-order chi connectivity index (χ0) is 12.4. The Morgan fingerprint density at radius 3 is 2.65 bits per heavy atom. The molecule has 0 N–H and O–H groups in total. The molecule has 0 bridgehead atoms. The lowest BCUT2D eigenvalue weighted by Crippen LogP contribution is -2.42. The maximum Gasteiger partial charge on any atom is 0.224 e. The zero-order valence-corrected chi connectivity index (χ0v) is 10.8. The number of hydrogen-bond acceptors (Lipinski definition) is 4. The van der Waals surface area contributed by atoms with E-state index in [0.29, 0.717) is 11.9 Å². The Labute approximate surface area is 105 Å². The molecule has 1 aromatic heterocycles. The Morgan fingerprint density at radius 1 is 1.41 bits per heavy atom. The summed E-state index contributed by atoms with van der Waals surface area (Å²) in [5, 5.41) is 0.0936. The Balaban J connectivity index is 2.07. The van der Waals surface area contributed by atoms with E-state index in [1.165, 1.54) is 0 Å². The quantitative estimate of drug-likeness (QED) is 0.758. The van der Waals surface area contributed by atoms with Gasteiger partial charge in [0.05, 0.1) is 6.20 Å². The lowest BCUT2D eigenvalue weighted by molar-refractivity contribution is 0.249. The van der Waals surface area contributed by atoms with Crippen molar-refractivity contribution in [2.75, 3.05) is 32.1 Å². The highest BCUT2D eigenvalue weighted by atomic mass is 35.5. The van der Waals surface area contributed by atoms with Crippen LogP contribution >= 0.6 is 11.6 Å². The molecule has 1 aliphatic rings. The summed E-state index contributed by atoms with van der Waals surface area (Å²) in [6.07, 6.45) is 3.14. The van der Waals surface area contributed by atoms with Gasteiger partial charge in [-0.05, 0) is 38.5 Å². The largest absolute Gasteiger partial charge is 0.354 e. The molecule has 1 aliphatic heterocycles. The van der Waals surface area contributed by atoms with E-state index < -0.39 is 5.82 Å². The average molecular weight is 259 g/mol. The summed E-state index contributed by atoms with van der Waals surface area (Å²) in [4.78, 5) is 11.7. The number of halogens is 2. The van der Waals surface area contributed by atoms with Crippen LogP contribution in [0.4, 0.5) is 10.2 Å². The third kappa shape index (κ3) is 2.84. The van der Waals surface area contributed by atoms with Gasteiger partial charge >= 0.3 is 0 Å². The maximum atomic E-state index is 13.6. The van der Waals surface area contributed by atoms with Gasteiger partial charge in [0, 0.05) is 19.1 Å². The summed E-state index contributed by atoms with van der Waals surface area (Å²) in [7, 11) is 4.14. The number of hydrogen-bond donors (Lipinski definition) is 0. The van der Waals surface area contributed by atoms with Crippen LogP contribution in [0.1, 0.15) is 12.8 Å². The molecule has 0 aliphatic carbocycles. The molecule has 0 amide bonds. The fraction of sp³-hybridized carbons (Fsp3) is 0.636. The van der Waals surface area contributed by atoms with Crippen LogP contribution in [0.25, 0.3) is 0 Å². The lowest BCUT2D eigenvalue weighted by atomic mass is 10.0. The van der Waals surface area contributed by atoms with E-state index >= 15 is 0 Å². The minimum absolute atomic E-state index is 0.0936. The Morgan fingerprint density at radius 2 is 2.06 bits per heavy atom. The van der Waals surface area contributed by atoms with Gasteiger partial charge in [0.1, 0.15) is 0 Å². The molecule has 2 heterocycles. The molecule has 6 heteroatoms. The van der Waals surface area contributed by atoms with Crippen molar-refractivity contribution in [1.29, 1.82) is 0 Å². The Kier molecular flexibility index (Phi) is 3.79. The normalized spacial score (nSPS) is 17.8. The highest BCUT2D eigenvalue weighted by Crippen LogP contribution is 2.22. The van der Waals surface area contributed by atoms with Crippen molar-refractivity contribution in [2.24, 2.45) is 0 Å². The summed E-state index contributed by atoms with van der Waals surface area (Å²) >= 11 is 5.69. The van der Waals surface area contributed by atoms with E-state index in [-0.39, 0.29) is 5.28 Å². The van der Waals surface area contributed by atoms with E-state index in [9.17, 15) is 4.39 Å². The van der Waals surface area contributed by atoms with Crippen LogP contribution in [0.5, 0.6) is 0 Å². The van der Waals surface area contributed by atoms with E-state index in [1.807, 2.05) is 4.90 Å². The summed E-state index contributed by atoms with van der Waals surface area (Å²) in [5.41, 5.74) is 0. The first-order valence-corrected chi connectivity index (χ1v) is 6.05. The van der Waals surface area contributed by atoms with Gasteiger partial charge in [-0.25, -0.2) is 9.37 Å². The molecule has 0 aromatic carbocycles. The highest BCUT2D eigenvalue weighted by Gasteiger charge is 2.23. The van der Waals surface area contributed by atoms with Crippen molar-refractivity contribution in [2.45, 2.75) is 18.9 Å². The SMILES string of the molecule is CN(C)C1CCN(c2nc(Cl)ncc2F)CC1. The summed E-state index contributed by atoms with van der Waals surface area (Å²) < 4.78 is 13.6. The van der Waals surface area contributed by atoms with Gasteiger partial charge in [-0.1, -0.05) is 0 Å². The first-order chi connectivity index (χ1) is 8.08. The van der Waals surface area contributed by atoms with Crippen LogP contribution in [0, 0.1) is 5.82 Å². The maximum absolute atomic E-state index is 13.6. The van der Waals surface area contributed by atoms with Crippen molar-refractivity contribution in [3.63, 3.8) is 0 Å². The standard InChI is InChI=1S/C11H16ClFN4/c1-16(2)8-3-5-17(6-4-8)10-9(13)7-14-11(12)15-10/h7-8H,3-6H2,1-2H3. The smallest absolute Gasteiger partial charge is 0.224 e. The van der Waals surface area contributed by atoms with Crippen molar-refractivity contribution >= 4 is 17.4 Å². The second-order valence-corrected chi connectivity index (χ2v) is 4.83. The second kappa shape index (κ2) is 5.14. The lowest BCUT2D eigenvalue weighted by Gasteiger charge is -2.35. The molecule has 17 heavy (non-hydrogen) atoms. The molecule has 2 rings (SSSR count). The highest BCUT2D eigenvalue weighted by molar-refractivity contribution is 6.28. The van der Waals surface area contributed by atoms with Gasteiger partial charge in [-0.15, -0.1) is 0 Å². The number of piperidine rings is 1. The minimum atomic E-state index is -0.405. The second-order valence-electron chi connectivity index (χ2n) is 4.49. The predicted molar refractivity (Wildman–Crippen MR) is 65.9 cm³/mol. The van der Waals surface area contributed by atoms with Gasteiger partial charge in [0.25, 0.3) is 0 Å². The first-order valence-electron chi connectivity index (χ1n) is 5.67. The topological polar surface area (TPSA) is 32.3 Å². The van der Waals surface area contributed by atoms with Crippen molar-refractivity contribution in [1.82, 2.24) is 14.9 Å². The van der Waals surface area contributed by atoms with Crippen molar-refractivity contribution in [3.05, 3.63) is 17.3 Å². The van der Waals surface area contributed by atoms with Crippen LogP contribution in [0.15, 0.2) is 6.20 Å². The Bertz CT molecular complexity index is 391. The minimum Gasteiger partial charge on any atom is -0.354 e. The molecule has 0 unspecified atom stereocenters. The molecular formula is C11H16ClFN4. The number of aromatic nitrogens is 2. The van der Waals surface area contributed by atoms with Gasteiger partial charge in [-0.3, -0.25) is 0 Å². The van der Waals surface area contributed by atoms with Gasteiger partial charge in [-0.2, -0.15) is 4.98 Å². The van der Waals surface area contributed by atoms with Crippen LogP contribution in [0.2, 0.25) is 5.28 Å². The van der Waals surface area contributed by atoms with Gasteiger partial charge in [0.2, 0.25) is 5.28 Å². The van der Waals surface area contributed by atoms with Crippen LogP contribution in [-0.4, -0.2) is 48.1 Å². The van der Waals surface area contributed by atoms with Crippen LogP contribution < -0.4 is 4.90 Å². The molecule has 1 aromatic rings. The van der Waals surface area contributed by atoms with Gasteiger partial charge < -0.3 is 9.80 Å². The number of nitrogens with zero attached hydrogens (tertiary/aromatic N) is 4. The first kappa shape index (κ1) is 12.5. The molecule has 0 atom stereocenters. The third-order valence-electron chi connectivity index (χ3n) is 3.19. The molecular weight excluding hydrogens is 243 g/mol. The van der Waals surface area contributed by atoms with Crippen LogP contribution in [0.3, 0.4) is 0 Å². The Hall–Kier alpha value is -0.940. The predicted octanol–water partition coefficient (Wildman–Crippen LogP) is 1.80. The fourth-order valence-corrected chi connectivity index (χ4v) is 2.28. The number of anilines is 1. The molecule has 0 spiro atoms. The molecule has 4 nitrogen and oxygen atoms in total. The zero-order valence-electron chi connectivity index (χ0n) is 10.0. The van der Waals surface area contributed by atoms with Crippen molar-refractivity contribution in [3.8, 4) is 0 Å². The van der Waals surface area contributed by atoms with E-state index in [0.717, 1.165) is 32.1 Å². The molecule has 1 saturated heterocycles. The average Bonchev–Trinajstić information content (AvgIpc) is 2.32. The monoisotopic (exact) mass is 258 g/mol. The number of rotatable bonds is 2. The molecule has 0 radical (unpaired) electrons. The van der Waals surface area contributed by atoms with Gasteiger partial charge in [0.15, 0.2) is 11.6 Å². The third-order valence-corrected chi connectivity index (χ3v) is 3.37. The summed E-state index contributed by atoms with van der Waals surface area (Å²) in [5.74, 6) is -0.0834. The van der Waals surface area contributed by atoms with E-state index in [4.69, 9.17) is 11.6 Å². The van der Waals surface area contributed by atoms with Crippen molar-refractivity contribution < 1.29 is 4.39 Å². The molecule has 1 fully saturated rings. The molecule has 0 saturated carbocycles. The molecule has 94 valence electrons. The van der Waals surface area contributed by atoms with E-state index in [2.05, 4.69) is 29.0 Å². The fourth-order valence-electron chi connectivity index (χ4n) is 2.15. The summed E-state index contributed by atoms with van der Waals surface area (Å²) in [6, 6.07) is 0.562. The van der Waals surface area contributed by atoms with E-state index in [1.54, 1.807) is 0 Å². The van der Waals surface area contributed by atoms with Crippen LogP contribution in [-0.2, 0) is 0 Å². The summed E-state index contributed by atoms with van der Waals surface area (Å²) in [6.45, 7) is 1.60.